The molecular weight excluding hydrogens is 428 g/mol. The third-order valence-corrected chi connectivity index (χ3v) is 6.94. The van der Waals surface area contributed by atoms with Crippen molar-refractivity contribution >= 4 is 21.6 Å². The predicted molar refractivity (Wildman–Crippen MR) is 121 cm³/mol. The second-order valence-electron chi connectivity index (χ2n) is 7.32. The first-order valence-electron chi connectivity index (χ1n) is 10.3. The summed E-state index contributed by atoms with van der Waals surface area (Å²) in [6.45, 7) is 5.64. The zero-order chi connectivity index (χ0) is 23.1. The van der Waals surface area contributed by atoms with E-state index in [4.69, 9.17) is 4.74 Å². The highest BCUT2D eigenvalue weighted by molar-refractivity contribution is 7.89. The standard InChI is InChI=1S/C23H26N4O4S/c1-3-31-21-8-6-20(7-9-21)25-23(28)19(16-24)17-26-12-14-27(15-13-26)32(29,30)22-10-4-18(2)5-11-22/h4-11,17H,3,12-15H2,1-2H3,(H,25,28)/b19-17-. The van der Waals surface area contributed by atoms with Crippen LogP contribution in [0.4, 0.5) is 5.69 Å². The molecule has 1 amide bonds. The van der Waals surface area contributed by atoms with Crippen LogP contribution in [0, 0.1) is 18.3 Å². The van der Waals surface area contributed by atoms with Crippen LogP contribution >= 0.6 is 0 Å². The van der Waals surface area contributed by atoms with Crippen LogP contribution in [-0.4, -0.2) is 56.3 Å². The number of sulfonamides is 1. The Labute approximate surface area is 188 Å². The number of nitriles is 1. The number of hydrogen-bond donors (Lipinski definition) is 1. The summed E-state index contributed by atoms with van der Waals surface area (Å²) in [4.78, 5) is 14.6. The van der Waals surface area contributed by atoms with Crippen LogP contribution in [0.3, 0.4) is 0 Å². The molecule has 0 saturated carbocycles. The molecule has 1 aliphatic heterocycles. The van der Waals surface area contributed by atoms with Gasteiger partial charge in [-0.2, -0.15) is 9.57 Å². The van der Waals surface area contributed by atoms with Crippen molar-refractivity contribution in [3.05, 3.63) is 65.9 Å². The lowest BCUT2D eigenvalue weighted by Crippen LogP contribution is -2.46. The molecule has 2 aromatic carbocycles. The molecule has 1 N–H and O–H groups in total. The largest absolute Gasteiger partial charge is 0.494 e. The molecule has 0 atom stereocenters. The number of aryl methyl sites for hydroxylation is 1. The molecule has 1 heterocycles. The van der Waals surface area contributed by atoms with Crippen molar-refractivity contribution in [3.8, 4) is 11.8 Å². The van der Waals surface area contributed by atoms with E-state index < -0.39 is 15.9 Å². The Morgan fingerprint density at radius 1 is 1.09 bits per heavy atom. The van der Waals surface area contributed by atoms with Gasteiger partial charge in [-0.1, -0.05) is 17.7 Å². The van der Waals surface area contributed by atoms with Gasteiger partial charge in [-0.15, -0.1) is 0 Å². The van der Waals surface area contributed by atoms with Crippen LogP contribution in [0.5, 0.6) is 5.75 Å². The van der Waals surface area contributed by atoms with Gasteiger partial charge in [0, 0.05) is 38.1 Å². The lowest BCUT2D eigenvalue weighted by atomic mass is 10.2. The van der Waals surface area contributed by atoms with Crippen molar-refractivity contribution in [2.45, 2.75) is 18.7 Å². The van der Waals surface area contributed by atoms with E-state index in [-0.39, 0.29) is 23.6 Å². The number of anilines is 1. The molecule has 0 aromatic heterocycles. The van der Waals surface area contributed by atoms with Gasteiger partial charge in [-0.25, -0.2) is 8.42 Å². The van der Waals surface area contributed by atoms with Crippen molar-refractivity contribution < 1.29 is 17.9 Å². The average Bonchev–Trinajstić information content (AvgIpc) is 2.79. The van der Waals surface area contributed by atoms with Crippen LogP contribution in [0.25, 0.3) is 0 Å². The molecule has 0 unspecified atom stereocenters. The Morgan fingerprint density at radius 3 is 2.28 bits per heavy atom. The van der Waals surface area contributed by atoms with E-state index in [9.17, 15) is 18.5 Å². The molecule has 1 saturated heterocycles. The Hall–Kier alpha value is -3.35. The number of amides is 1. The summed E-state index contributed by atoms with van der Waals surface area (Å²) >= 11 is 0. The monoisotopic (exact) mass is 454 g/mol. The molecule has 0 bridgehead atoms. The van der Waals surface area contributed by atoms with Crippen molar-refractivity contribution in [1.29, 1.82) is 5.26 Å². The molecule has 9 heteroatoms. The van der Waals surface area contributed by atoms with Gasteiger partial charge in [-0.05, 0) is 50.2 Å². The maximum atomic E-state index is 12.8. The first kappa shape index (κ1) is 23.3. The fourth-order valence-electron chi connectivity index (χ4n) is 3.25. The van der Waals surface area contributed by atoms with Crippen molar-refractivity contribution in [2.24, 2.45) is 0 Å². The minimum atomic E-state index is -3.57. The number of nitrogens with zero attached hydrogens (tertiary/aromatic N) is 3. The van der Waals surface area contributed by atoms with Crippen molar-refractivity contribution in [1.82, 2.24) is 9.21 Å². The molecule has 3 rings (SSSR count). The summed E-state index contributed by atoms with van der Waals surface area (Å²) in [7, 11) is -3.57. The van der Waals surface area contributed by atoms with Crippen LogP contribution < -0.4 is 10.1 Å². The normalized spacial score (nSPS) is 15.2. The summed E-state index contributed by atoms with van der Waals surface area (Å²) in [6, 6.07) is 15.6. The first-order chi connectivity index (χ1) is 15.3. The van der Waals surface area contributed by atoms with E-state index in [2.05, 4.69) is 5.32 Å². The fraction of sp³-hybridized carbons (Fsp3) is 0.304. The molecule has 168 valence electrons. The Kier molecular flexibility index (Phi) is 7.51. The fourth-order valence-corrected chi connectivity index (χ4v) is 4.67. The number of rotatable bonds is 7. The Balaban J connectivity index is 1.61. The van der Waals surface area contributed by atoms with Crippen LogP contribution in [0.2, 0.25) is 0 Å². The third-order valence-electron chi connectivity index (χ3n) is 5.03. The SMILES string of the molecule is CCOc1ccc(NC(=O)/C(C#N)=C\N2CCN(S(=O)(=O)c3ccc(C)cc3)CC2)cc1. The van der Waals surface area contributed by atoms with Crippen molar-refractivity contribution in [2.75, 3.05) is 38.1 Å². The minimum absolute atomic E-state index is 0.0475. The Morgan fingerprint density at radius 2 is 1.72 bits per heavy atom. The maximum Gasteiger partial charge on any atom is 0.267 e. The molecule has 1 aliphatic rings. The second kappa shape index (κ2) is 10.3. The summed E-state index contributed by atoms with van der Waals surface area (Å²) in [5.74, 6) is 0.173. The zero-order valence-electron chi connectivity index (χ0n) is 18.1. The molecular formula is C23H26N4O4S. The maximum absolute atomic E-state index is 12.8. The molecule has 8 nitrogen and oxygen atoms in total. The number of benzene rings is 2. The molecule has 1 fully saturated rings. The van der Waals surface area contributed by atoms with E-state index >= 15 is 0 Å². The van der Waals surface area contributed by atoms with Gasteiger partial charge < -0.3 is 15.0 Å². The van der Waals surface area contributed by atoms with Gasteiger partial charge in [0.25, 0.3) is 5.91 Å². The number of carbonyl (C=O) groups is 1. The van der Waals surface area contributed by atoms with E-state index in [0.717, 1.165) is 5.56 Å². The van der Waals surface area contributed by atoms with Gasteiger partial charge in [0.1, 0.15) is 17.4 Å². The highest BCUT2D eigenvalue weighted by atomic mass is 32.2. The molecule has 0 radical (unpaired) electrons. The lowest BCUT2D eigenvalue weighted by molar-refractivity contribution is -0.112. The van der Waals surface area contributed by atoms with Crippen LogP contribution in [0.1, 0.15) is 12.5 Å². The van der Waals surface area contributed by atoms with Crippen molar-refractivity contribution in [3.63, 3.8) is 0 Å². The topological polar surface area (TPSA) is 103 Å². The van der Waals surface area contributed by atoms with Gasteiger partial charge in [-0.3, -0.25) is 4.79 Å². The number of ether oxygens (including phenoxy) is 1. The lowest BCUT2D eigenvalue weighted by Gasteiger charge is -2.33. The Bertz CT molecular complexity index is 1110. The van der Waals surface area contributed by atoms with Gasteiger partial charge in [0.15, 0.2) is 0 Å². The van der Waals surface area contributed by atoms with E-state index in [1.807, 2.05) is 19.9 Å². The summed E-state index contributed by atoms with van der Waals surface area (Å²) in [5.41, 5.74) is 1.49. The average molecular weight is 455 g/mol. The van der Waals surface area contributed by atoms with Crippen LogP contribution in [0.15, 0.2) is 65.2 Å². The predicted octanol–water partition coefficient (Wildman–Crippen LogP) is 2.75. The molecule has 2 aromatic rings. The number of hydrogen-bond acceptors (Lipinski definition) is 6. The zero-order valence-corrected chi connectivity index (χ0v) is 18.9. The van der Waals surface area contributed by atoms with E-state index in [0.29, 0.717) is 31.1 Å². The smallest absolute Gasteiger partial charge is 0.267 e. The van der Waals surface area contributed by atoms with Gasteiger partial charge >= 0.3 is 0 Å². The van der Waals surface area contributed by atoms with Crippen LogP contribution in [-0.2, 0) is 14.8 Å². The highest BCUT2D eigenvalue weighted by Gasteiger charge is 2.28. The molecule has 0 spiro atoms. The summed E-state index contributed by atoms with van der Waals surface area (Å²) < 4.78 is 32.4. The number of carbonyl (C=O) groups excluding carboxylic acids is 1. The van der Waals surface area contributed by atoms with E-state index in [1.165, 1.54) is 10.5 Å². The number of nitrogens with one attached hydrogen (secondary N) is 1. The molecule has 0 aliphatic carbocycles. The molecule has 32 heavy (non-hydrogen) atoms. The quantitative estimate of drug-likeness (QED) is 0.510. The third kappa shape index (κ3) is 5.66. The second-order valence-corrected chi connectivity index (χ2v) is 9.26. The first-order valence-corrected chi connectivity index (χ1v) is 11.7. The number of piperazine rings is 1. The van der Waals surface area contributed by atoms with Gasteiger partial charge in [0.2, 0.25) is 10.0 Å². The van der Waals surface area contributed by atoms with Gasteiger partial charge in [0.05, 0.1) is 11.5 Å². The highest BCUT2D eigenvalue weighted by Crippen LogP contribution is 2.19. The summed E-state index contributed by atoms with van der Waals surface area (Å²) in [6.07, 6.45) is 1.49. The van der Waals surface area contributed by atoms with E-state index in [1.54, 1.807) is 53.4 Å². The summed E-state index contributed by atoms with van der Waals surface area (Å²) in [5, 5.41) is 12.1. The minimum Gasteiger partial charge on any atom is -0.494 e.